The van der Waals surface area contributed by atoms with Gasteiger partial charge in [-0.2, -0.15) is 0 Å². The third-order valence-corrected chi connectivity index (χ3v) is 5.13. The van der Waals surface area contributed by atoms with Crippen molar-refractivity contribution in [2.45, 2.75) is 6.42 Å². The minimum absolute atomic E-state index is 0.0273. The van der Waals surface area contributed by atoms with Crippen LogP contribution in [-0.2, 0) is 9.59 Å². The molecule has 4 rings (SSSR count). The highest BCUT2D eigenvalue weighted by Crippen LogP contribution is 2.28. The first kappa shape index (κ1) is 16.5. The molecule has 1 N–H and O–H groups in total. The second-order valence-corrected chi connectivity index (χ2v) is 6.99. The van der Waals surface area contributed by atoms with Crippen molar-refractivity contribution in [3.8, 4) is 11.3 Å². The standard InChI is InChI=1S/C20H17N3O2S/c24-18-11-15(12-23(18)16-9-5-2-6-10-16)19(25)22-20-21-17(13-26-20)14-7-3-1-4-8-14/h1-10,13,15H,11-12H2,(H,21,22,25)/t15-/m0/s1. The molecule has 1 fully saturated rings. The lowest BCUT2D eigenvalue weighted by atomic mass is 10.1. The van der Waals surface area contributed by atoms with Crippen molar-refractivity contribution in [2.24, 2.45) is 5.92 Å². The van der Waals surface area contributed by atoms with Crippen molar-refractivity contribution in [1.29, 1.82) is 0 Å². The first-order chi connectivity index (χ1) is 12.7. The molecule has 1 saturated heterocycles. The number of aromatic nitrogens is 1. The molecule has 2 heterocycles. The van der Waals surface area contributed by atoms with Crippen LogP contribution < -0.4 is 10.2 Å². The zero-order chi connectivity index (χ0) is 17.9. The van der Waals surface area contributed by atoms with E-state index in [1.165, 1.54) is 11.3 Å². The molecule has 0 saturated carbocycles. The fourth-order valence-corrected chi connectivity index (χ4v) is 3.74. The molecule has 1 aliphatic heterocycles. The summed E-state index contributed by atoms with van der Waals surface area (Å²) < 4.78 is 0. The van der Waals surface area contributed by atoms with E-state index in [1.54, 1.807) is 4.90 Å². The Morgan fingerprint density at radius 2 is 1.77 bits per heavy atom. The maximum Gasteiger partial charge on any atom is 0.231 e. The molecule has 1 aromatic heterocycles. The van der Waals surface area contributed by atoms with Crippen molar-refractivity contribution < 1.29 is 9.59 Å². The fraction of sp³-hybridized carbons (Fsp3) is 0.150. The maximum atomic E-state index is 12.6. The van der Waals surface area contributed by atoms with Gasteiger partial charge in [0.05, 0.1) is 11.6 Å². The molecule has 2 amide bonds. The van der Waals surface area contributed by atoms with E-state index in [2.05, 4.69) is 10.3 Å². The number of nitrogens with zero attached hydrogens (tertiary/aromatic N) is 2. The monoisotopic (exact) mass is 363 g/mol. The van der Waals surface area contributed by atoms with E-state index >= 15 is 0 Å². The number of amides is 2. The molecule has 2 aromatic carbocycles. The van der Waals surface area contributed by atoms with Crippen LogP contribution in [-0.4, -0.2) is 23.3 Å². The second-order valence-electron chi connectivity index (χ2n) is 6.13. The summed E-state index contributed by atoms with van der Waals surface area (Å²) in [5.74, 6) is -0.557. The van der Waals surface area contributed by atoms with Crippen molar-refractivity contribution in [1.82, 2.24) is 4.98 Å². The van der Waals surface area contributed by atoms with E-state index in [9.17, 15) is 9.59 Å². The minimum Gasteiger partial charge on any atom is -0.312 e. The number of thiazole rings is 1. The molecule has 0 radical (unpaired) electrons. The quantitative estimate of drug-likeness (QED) is 0.767. The van der Waals surface area contributed by atoms with Gasteiger partial charge >= 0.3 is 0 Å². The summed E-state index contributed by atoms with van der Waals surface area (Å²) in [4.78, 5) is 31.0. The van der Waals surface area contributed by atoms with Gasteiger partial charge in [-0.25, -0.2) is 4.98 Å². The molecule has 0 spiro atoms. The number of para-hydroxylation sites is 1. The van der Waals surface area contributed by atoms with Gasteiger partial charge in [0.15, 0.2) is 5.13 Å². The fourth-order valence-electron chi connectivity index (χ4n) is 3.02. The molecule has 5 nitrogen and oxygen atoms in total. The van der Waals surface area contributed by atoms with E-state index in [0.29, 0.717) is 11.7 Å². The predicted octanol–water partition coefficient (Wildman–Crippen LogP) is 3.80. The summed E-state index contributed by atoms with van der Waals surface area (Å²) in [5.41, 5.74) is 2.67. The number of carbonyl (C=O) groups excluding carboxylic acids is 2. The van der Waals surface area contributed by atoms with Crippen molar-refractivity contribution in [3.05, 3.63) is 66.0 Å². The van der Waals surface area contributed by atoms with Crippen LogP contribution in [0.25, 0.3) is 11.3 Å². The van der Waals surface area contributed by atoms with Crippen molar-refractivity contribution in [2.75, 3.05) is 16.8 Å². The van der Waals surface area contributed by atoms with Gasteiger partial charge in [-0.3, -0.25) is 9.59 Å². The highest BCUT2D eigenvalue weighted by atomic mass is 32.1. The van der Waals surface area contributed by atoms with Gasteiger partial charge in [0.2, 0.25) is 11.8 Å². The molecule has 1 atom stereocenters. The Kier molecular flexibility index (Phi) is 4.50. The Morgan fingerprint density at radius 3 is 2.50 bits per heavy atom. The van der Waals surface area contributed by atoms with E-state index in [1.807, 2.05) is 66.0 Å². The first-order valence-electron chi connectivity index (χ1n) is 8.38. The Labute approximate surface area is 155 Å². The number of hydrogen-bond acceptors (Lipinski definition) is 4. The van der Waals surface area contributed by atoms with Crippen molar-refractivity contribution >= 4 is 34.0 Å². The normalized spacial score (nSPS) is 16.7. The number of benzene rings is 2. The summed E-state index contributed by atoms with van der Waals surface area (Å²) in [7, 11) is 0. The lowest BCUT2D eigenvalue weighted by Crippen LogP contribution is -2.28. The topological polar surface area (TPSA) is 62.3 Å². The smallest absolute Gasteiger partial charge is 0.231 e. The van der Waals surface area contributed by atoms with Crippen LogP contribution in [0, 0.1) is 5.92 Å². The van der Waals surface area contributed by atoms with E-state index in [-0.39, 0.29) is 24.2 Å². The lowest BCUT2D eigenvalue weighted by molar-refractivity contribution is -0.122. The molecular weight excluding hydrogens is 346 g/mol. The summed E-state index contributed by atoms with van der Waals surface area (Å²) >= 11 is 1.39. The largest absolute Gasteiger partial charge is 0.312 e. The molecule has 0 aliphatic carbocycles. The zero-order valence-corrected chi connectivity index (χ0v) is 14.8. The molecule has 3 aromatic rings. The van der Waals surface area contributed by atoms with Crippen LogP contribution in [0.1, 0.15) is 6.42 Å². The van der Waals surface area contributed by atoms with Gasteiger partial charge in [-0.05, 0) is 12.1 Å². The van der Waals surface area contributed by atoms with Crippen LogP contribution >= 0.6 is 11.3 Å². The van der Waals surface area contributed by atoms with E-state index in [4.69, 9.17) is 0 Å². The summed E-state index contributed by atoms with van der Waals surface area (Å²) in [5, 5.41) is 5.33. The number of anilines is 2. The molecule has 0 unspecified atom stereocenters. The zero-order valence-electron chi connectivity index (χ0n) is 14.0. The molecule has 6 heteroatoms. The average molecular weight is 363 g/mol. The van der Waals surface area contributed by atoms with Gasteiger partial charge in [0.25, 0.3) is 0 Å². The Morgan fingerprint density at radius 1 is 1.08 bits per heavy atom. The van der Waals surface area contributed by atoms with Gasteiger partial charge in [-0.15, -0.1) is 11.3 Å². The number of hydrogen-bond donors (Lipinski definition) is 1. The third-order valence-electron chi connectivity index (χ3n) is 4.37. The second kappa shape index (κ2) is 7.09. The molecule has 1 aliphatic rings. The highest BCUT2D eigenvalue weighted by Gasteiger charge is 2.35. The molecule has 130 valence electrons. The van der Waals surface area contributed by atoms with Gasteiger partial charge < -0.3 is 10.2 Å². The van der Waals surface area contributed by atoms with E-state index in [0.717, 1.165) is 16.9 Å². The summed E-state index contributed by atoms with van der Waals surface area (Å²) in [6, 6.07) is 19.3. The van der Waals surface area contributed by atoms with Crippen LogP contribution in [0.15, 0.2) is 66.0 Å². The summed E-state index contributed by atoms with van der Waals surface area (Å²) in [6.07, 6.45) is 0.220. The third kappa shape index (κ3) is 3.36. The Hall–Kier alpha value is -2.99. The highest BCUT2D eigenvalue weighted by molar-refractivity contribution is 7.14. The van der Waals surface area contributed by atoms with Crippen molar-refractivity contribution in [3.63, 3.8) is 0 Å². The van der Waals surface area contributed by atoms with Gasteiger partial charge in [-0.1, -0.05) is 48.5 Å². The number of rotatable bonds is 4. The van der Waals surface area contributed by atoms with Crippen LogP contribution in [0.5, 0.6) is 0 Å². The lowest BCUT2D eigenvalue weighted by Gasteiger charge is -2.16. The van der Waals surface area contributed by atoms with Crippen LogP contribution in [0.3, 0.4) is 0 Å². The van der Waals surface area contributed by atoms with E-state index < -0.39 is 0 Å². The minimum atomic E-state index is -0.369. The Bertz CT molecular complexity index is 924. The molecular formula is C20H17N3O2S. The Balaban J connectivity index is 1.43. The number of nitrogens with one attached hydrogen (secondary N) is 1. The first-order valence-corrected chi connectivity index (χ1v) is 9.26. The van der Waals surface area contributed by atoms with Crippen LogP contribution in [0.4, 0.5) is 10.8 Å². The molecule has 26 heavy (non-hydrogen) atoms. The number of carbonyl (C=O) groups is 2. The van der Waals surface area contributed by atoms with Gasteiger partial charge in [0.1, 0.15) is 0 Å². The molecule has 0 bridgehead atoms. The SMILES string of the molecule is O=C(Nc1nc(-c2ccccc2)cs1)[C@H]1CC(=O)N(c2ccccc2)C1. The van der Waals surface area contributed by atoms with Gasteiger partial charge in [0, 0.05) is 29.6 Å². The maximum absolute atomic E-state index is 12.6. The summed E-state index contributed by atoms with van der Waals surface area (Å²) in [6.45, 7) is 0.394. The average Bonchev–Trinajstić information content (AvgIpc) is 3.30. The van der Waals surface area contributed by atoms with Crippen LogP contribution in [0.2, 0.25) is 0 Å². The predicted molar refractivity (Wildman–Crippen MR) is 103 cm³/mol.